The smallest absolute Gasteiger partial charge is 0.174 e. The lowest BCUT2D eigenvalue weighted by Crippen LogP contribution is -2.29. The molecule has 0 radical (unpaired) electrons. The normalized spacial score (nSPS) is 17.9. The van der Waals surface area contributed by atoms with Crippen LogP contribution in [0.3, 0.4) is 0 Å². The van der Waals surface area contributed by atoms with Crippen molar-refractivity contribution in [1.82, 2.24) is 10.3 Å². The molecule has 0 aliphatic carbocycles. The van der Waals surface area contributed by atoms with Gasteiger partial charge in [-0.1, -0.05) is 40.2 Å². The van der Waals surface area contributed by atoms with Gasteiger partial charge in [0.1, 0.15) is 23.3 Å². The first-order chi connectivity index (χ1) is 15.6. The molecule has 0 spiro atoms. The lowest BCUT2D eigenvalue weighted by molar-refractivity contribution is 0.414. The van der Waals surface area contributed by atoms with Crippen molar-refractivity contribution in [2.75, 3.05) is 12.0 Å². The van der Waals surface area contributed by atoms with Gasteiger partial charge < -0.3 is 19.4 Å². The van der Waals surface area contributed by atoms with Gasteiger partial charge in [-0.15, -0.1) is 0 Å². The summed E-state index contributed by atoms with van der Waals surface area (Å²) in [5, 5.41) is 4.06. The summed E-state index contributed by atoms with van der Waals surface area (Å²) in [6.07, 6.45) is 1.79. The van der Waals surface area contributed by atoms with Crippen LogP contribution in [0.15, 0.2) is 93.9 Å². The summed E-state index contributed by atoms with van der Waals surface area (Å²) in [7, 11) is 1.66. The Morgan fingerprint density at radius 2 is 1.88 bits per heavy atom. The number of hydrogen-bond donors (Lipinski definition) is 1. The molecule has 1 saturated heterocycles. The zero-order valence-corrected chi connectivity index (χ0v) is 19.6. The Kier molecular flexibility index (Phi) is 5.68. The summed E-state index contributed by atoms with van der Waals surface area (Å²) in [5.41, 5.74) is 2.83. The van der Waals surface area contributed by atoms with Gasteiger partial charge in [0, 0.05) is 28.0 Å². The maximum Gasteiger partial charge on any atom is 0.174 e. The minimum absolute atomic E-state index is 0.168. The van der Waals surface area contributed by atoms with Gasteiger partial charge in [-0.3, -0.25) is 4.98 Å². The topological polar surface area (TPSA) is 50.5 Å². The lowest BCUT2D eigenvalue weighted by Gasteiger charge is -2.26. The molecule has 2 unspecified atom stereocenters. The Hall–Kier alpha value is -3.16. The third-order valence-corrected chi connectivity index (χ3v) is 6.32. The second-order valence-electron chi connectivity index (χ2n) is 7.41. The van der Waals surface area contributed by atoms with E-state index in [4.69, 9.17) is 21.4 Å². The average molecular weight is 506 g/mol. The summed E-state index contributed by atoms with van der Waals surface area (Å²) in [5.74, 6) is 2.37. The molecule has 32 heavy (non-hydrogen) atoms. The van der Waals surface area contributed by atoms with E-state index in [9.17, 15) is 0 Å². The minimum atomic E-state index is -0.214. The molecule has 5 nitrogen and oxygen atoms in total. The summed E-state index contributed by atoms with van der Waals surface area (Å²) in [4.78, 5) is 6.66. The molecule has 160 valence electrons. The van der Waals surface area contributed by atoms with Crippen molar-refractivity contribution < 1.29 is 9.15 Å². The SMILES string of the molecule is COc1cccc(N2C(=S)NC(c3ccccn3)C2c2ccc(-c3ccc(Br)cc3)o2)c1. The van der Waals surface area contributed by atoms with Crippen molar-refractivity contribution >= 4 is 38.9 Å². The first-order valence-corrected chi connectivity index (χ1v) is 11.3. The van der Waals surface area contributed by atoms with Crippen LogP contribution in [0.4, 0.5) is 5.69 Å². The molecule has 0 saturated carbocycles. The molecule has 1 aliphatic rings. The van der Waals surface area contributed by atoms with Gasteiger partial charge in [-0.2, -0.15) is 0 Å². The number of nitrogens with zero attached hydrogens (tertiary/aromatic N) is 2. The van der Waals surface area contributed by atoms with Crippen LogP contribution in [0.25, 0.3) is 11.3 Å². The predicted octanol–water partition coefficient (Wildman–Crippen LogP) is 6.29. The fraction of sp³-hybridized carbons (Fsp3) is 0.120. The molecule has 5 rings (SSSR count). The molecule has 2 atom stereocenters. The third-order valence-electron chi connectivity index (χ3n) is 5.48. The van der Waals surface area contributed by atoms with Crippen LogP contribution in [0.1, 0.15) is 23.5 Å². The number of methoxy groups -OCH3 is 1. The minimum Gasteiger partial charge on any atom is -0.497 e. The average Bonchev–Trinajstić information content (AvgIpc) is 3.45. The summed E-state index contributed by atoms with van der Waals surface area (Å²) >= 11 is 9.26. The maximum absolute atomic E-state index is 6.39. The number of benzene rings is 2. The number of anilines is 1. The summed E-state index contributed by atoms with van der Waals surface area (Å²) < 4.78 is 12.9. The Bertz CT molecular complexity index is 1240. The van der Waals surface area contributed by atoms with Crippen LogP contribution in [-0.2, 0) is 0 Å². The molecular formula is C25H20BrN3O2S. The molecule has 7 heteroatoms. The molecule has 4 aromatic rings. The number of rotatable bonds is 5. The van der Waals surface area contributed by atoms with Gasteiger partial charge in [0.25, 0.3) is 0 Å². The van der Waals surface area contributed by atoms with Crippen LogP contribution < -0.4 is 15.0 Å². The van der Waals surface area contributed by atoms with E-state index >= 15 is 0 Å². The number of hydrogen-bond acceptors (Lipinski definition) is 4. The first-order valence-electron chi connectivity index (χ1n) is 10.1. The summed E-state index contributed by atoms with van der Waals surface area (Å²) in [6, 6.07) is 25.4. The highest BCUT2D eigenvalue weighted by atomic mass is 79.9. The lowest BCUT2D eigenvalue weighted by atomic mass is 10.0. The van der Waals surface area contributed by atoms with Crippen molar-refractivity contribution in [3.05, 3.63) is 101 Å². The van der Waals surface area contributed by atoms with E-state index in [1.54, 1.807) is 13.3 Å². The van der Waals surface area contributed by atoms with E-state index in [1.165, 1.54) is 0 Å². The summed E-state index contributed by atoms with van der Waals surface area (Å²) in [6.45, 7) is 0. The molecule has 0 amide bonds. The van der Waals surface area contributed by atoms with E-state index < -0.39 is 0 Å². The van der Waals surface area contributed by atoms with Gasteiger partial charge in [-0.05, 0) is 60.7 Å². The van der Waals surface area contributed by atoms with E-state index in [1.807, 2.05) is 78.9 Å². The largest absolute Gasteiger partial charge is 0.497 e. The predicted molar refractivity (Wildman–Crippen MR) is 133 cm³/mol. The number of furan rings is 1. The molecule has 0 bridgehead atoms. The molecule has 1 fully saturated rings. The number of nitrogens with one attached hydrogen (secondary N) is 1. The van der Waals surface area contributed by atoms with Crippen LogP contribution in [0.5, 0.6) is 5.75 Å². The highest BCUT2D eigenvalue weighted by molar-refractivity contribution is 9.10. The number of thiocarbonyl (C=S) groups is 1. The van der Waals surface area contributed by atoms with Gasteiger partial charge >= 0.3 is 0 Å². The second kappa shape index (κ2) is 8.76. The highest BCUT2D eigenvalue weighted by Gasteiger charge is 2.42. The van der Waals surface area contributed by atoms with E-state index in [0.717, 1.165) is 38.7 Å². The fourth-order valence-electron chi connectivity index (χ4n) is 3.96. The zero-order valence-electron chi connectivity index (χ0n) is 17.2. The van der Waals surface area contributed by atoms with Crippen LogP contribution in [0.2, 0.25) is 0 Å². The van der Waals surface area contributed by atoms with Crippen LogP contribution in [-0.4, -0.2) is 17.2 Å². The molecule has 2 aromatic heterocycles. The number of ether oxygens (including phenoxy) is 1. The van der Waals surface area contributed by atoms with E-state index in [-0.39, 0.29) is 12.1 Å². The second-order valence-corrected chi connectivity index (χ2v) is 8.71. The van der Waals surface area contributed by atoms with Crippen molar-refractivity contribution in [2.24, 2.45) is 0 Å². The molecular weight excluding hydrogens is 486 g/mol. The number of aromatic nitrogens is 1. The van der Waals surface area contributed by atoms with E-state index in [0.29, 0.717) is 5.11 Å². The Balaban J connectivity index is 1.59. The Labute approximate surface area is 200 Å². The molecule has 1 N–H and O–H groups in total. The zero-order chi connectivity index (χ0) is 22.1. The monoisotopic (exact) mass is 505 g/mol. The molecule has 1 aliphatic heterocycles. The Morgan fingerprint density at radius 3 is 2.62 bits per heavy atom. The van der Waals surface area contributed by atoms with Gasteiger partial charge in [-0.25, -0.2) is 0 Å². The van der Waals surface area contributed by atoms with Crippen LogP contribution >= 0.6 is 28.1 Å². The van der Waals surface area contributed by atoms with Gasteiger partial charge in [0.05, 0.1) is 18.8 Å². The van der Waals surface area contributed by atoms with Crippen molar-refractivity contribution in [3.63, 3.8) is 0 Å². The fourth-order valence-corrected chi connectivity index (χ4v) is 4.57. The Morgan fingerprint density at radius 1 is 1.03 bits per heavy atom. The van der Waals surface area contributed by atoms with Crippen LogP contribution in [0, 0.1) is 0 Å². The highest BCUT2D eigenvalue weighted by Crippen LogP contribution is 2.43. The van der Waals surface area contributed by atoms with Crippen molar-refractivity contribution in [2.45, 2.75) is 12.1 Å². The molecule has 3 heterocycles. The number of halogens is 1. The van der Waals surface area contributed by atoms with Crippen molar-refractivity contribution in [3.8, 4) is 17.1 Å². The number of pyridine rings is 1. The maximum atomic E-state index is 6.39. The standard InChI is InChI=1S/C25H20BrN3O2S/c1-30-19-6-4-5-18(15-19)29-24(23(28-25(29)32)20-7-2-3-14-27-20)22-13-12-21(31-22)16-8-10-17(26)11-9-16/h2-15,23-24H,1H3,(H,28,32). The molecule has 2 aromatic carbocycles. The third kappa shape index (κ3) is 3.89. The van der Waals surface area contributed by atoms with E-state index in [2.05, 4.69) is 31.1 Å². The van der Waals surface area contributed by atoms with Gasteiger partial charge in [0.15, 0.2) is 5.11 Å². The van der Waals surface area contributed by atoms with Crippen molar-refractivity contribution in [1.29, 1.82) is 0 Å². The van der Waals surface area contributed by atoms with Gasteiger partial charge in [0.2, 0.25) is 0 Å². The first kappa shape index (κ1) is 20.7. The quantitative estimate of drug-likeness (QED) is 0.321.